The van der Waals surface area contributed by atoms with Crippen molar-refractivity contribution >= 4 is 17.9 Å². The van der Waals surface area contributed by atoms with Crippen molar-refractivity contribution in [2.45, 2.75) is 70.5 Å². The maximum absolute atomic E-state index is 13.5. The SMILES string of the molecule is COC(=O)N[C@H](C(=O)N1CCC[C@H]1c1ncc(-c2ccc(-c3ccc(-c4cnc([C@H]5[C@H](C(=O)NC(C)c6cncnc6)C6CC[C@@H]65)[nH]4)cc3)cc2)[nH]1)C(C)C. The van der Waals surface area contributed by atoms with Gasteiger partial charge in [-0.05, 0) is 72.6 Å². The van der Waals surface area contributed by atoms with E-state index in [4.69, 9.17) is 9.72 Å². The number of methoxy groups -OCH3 is 1. The van der Waals surface area contributed by atoms with Crippen LogP contribution in [-0.2, 0) is 14.3 Å². The summed E-state index contributed by atoms with van der Waals surface area (Å²) in [5.74, 6) is 2.36. The number of hydrogen-bond donors (Lipinski definition) is 4. The van der Waals surface area contributed by atoms with Gasteiger partial charge in [0.25, 0.3) is 0 Å². The number of amides is 3. The zero-order valence-corrected chi connectivity index (χ0v) is 31.5. The molecule has 2 aliphatic carbocycles. The lowest BCUT2D eigenvalue weighted by Crippen LogP contribution is -2.57. The number of aromatic amines is 2. The van der Waals surface area contributed by atoms with Crippen LogP contribution < -0.4 is 10.6 Å². The number of carbonyl (C=O) groups excluding carboxylic acids is 3. The first kappa shape index (κ1) is 36.1. The number of nitrogens with zero attached hydrogens (tertiary/aromatic N) is 5. The van der Waals surface area contributed by atoms with Crippen LogP contribution in [0.2, 0.25) is 0 Å². The lowest BCUT2D eigenvalue weighted by atomic mass is 9.46. The maximum atomic E-state index is 13.5. The molecule has 284 valence electrons. The zero-order chi connectivity index (χ0) is 38.2. The smallest absolute Gasteiger partial charge is 0.407 e. The van der Waals surface area contributed by atoms with Crippen LogP contribution in [0.3, 0.4) is 0 Å². The van der Waals surface area contributed by atoms with Gasteiger partial charge in [0.15, 0.2) is 0 Å². The number of benzene rings is 2. The number of carbonyl (C=O) groups is 3. The van der Waals surface area contributed by atoms with Gasteiger partial charge in [0, 0.05) is 30.4 Å². The highest BCUT2D eigenvalue weighted by Gasteiger charge is 2.59. The molecule has 5 aromatic rings. The van der Waals surface area contributed by atoms with Gasteiger partial charge in [-0.1, -0.05) is 62.4 Å². The highest BCUT2D eigenvalue weighted by molar-refractivity contribution is 5.86. The van der Waals surface area contributed by atoms with Crippen molar-refractivity contribution in [3.63, 3.8) is 0 Å². The third-order valence-electron chi connectivity index (χ3n) is 11.9. The first-order chi connectivity index (χ1) is 26.7. The van der Waals surface area contributed by atoms with Crippen LogP contribution >= 0.6 is 0 Å². The normalized spacial score (nSPS) is 22.6. The summed E-state index contributed by atoms with van der Waals surface area (Å²) in [4.78, 5) is 65.4. The van der Waals surface area contributed by atoms with Gasteiger partial charge in [0.2, 0.25) is 11.8 Å². The first-order valence-corrected chi connectivity index (χ1v) is 19.2. The van der Waals surface area contributed by atoms with Crippen LogP contribution in [0.5, 0.6) is 0 Å². The average molecular weight is 742 g/mol. The lowest BCUT2D eigenvalue weighted by Gasteiger charge is -2.57. The Morgan fingerprint density at radius 1 is 0.764 bits per heavy atom. The van der Waals surface area contributed by atoms with Crippen molar-refractivity contribution in [2.75, 3.05) is 13.7 Å². The molecule has 1 aliphatic heterocycles. The van der Waals surface area contributed by atoms with E-state index in [9.17, 15) is 14.4 Å². The molecule has 2 saturated carbocycles. The minimum Gasteiger partial charge on any atom is -0.453 e. The predicted octanol–water partition coefficient (Wildman–Crippen LogP) is 6.58. The van der Waals surface area contributed by atoms with Crippen molar-refractivity contribution in [3.8, 4) is 33.6 Å². The van der Waals surface area contributed by atoms with Crippen LogP contribution in [0.15, 0.2) is 79.6 Å². The molecule has 7 atom stereocenters. The van der Waals surface area contributed by atoms with Crippen LogP contribution in [-0.4, -0.2) is 72.4 Å². The predicted molar refractivity (Wildman–Crippen MR) is 206 cm³/mol. The Hall–Kier alpha value is -5.85. The summed E-state index contributed by atoms with van der Waals surface area (Å²) in [6.07, 6.45) is 11.9. The quantitative estimate of drug-likeness (QED) is 0.118. The second kappa shape index (κ2) is 15.1. The lowest BCUT2D eigenvalue weighted by molar-refractivity contribution is -0.146. The molecule has 55 heavy (non-hydrogen) atoms. The van der Waals surface area contributed by atoms with Crippen LogP contribution in [0.25, 0.3) is 33.6 Å². The molecule has 13 heteroatoms. The fourth-order valence-electron chi connectivity index (χ4n) is 8.67. The molecular weight excluding hydrogens is 695 g/mol. The summed E-state index contributed by atoms with van der Waals surface area (Å²) in [6.45, 7) is 6.39. The highest BCUT2D eigenvalue weighted by Crippen LogP contribution is 2.62. The van der Waals surface area contributed by atoms with Gasteiger partial charge in [-0.25, -0.2) is 24.7 Å². The second-order valence-corrected chi connectivity index (χ2v) is 15.4. The summed E-state index contributed by atoms with van der Waals surface area (Å²) in [5.41, 5.74) is 6.90. The fraction of sp³-hybridized carbons (Fsp3) is 0.405. The first-order valence-electron chi connectivity index (χ1n) is 19.2. The molecule has 4 N–H and O–H groups in total. The van der Waals surface area contributed by atoms with Crippen molar-refractivity contribution in [1.82, 2.24) is 45.4 Å². The van der Waals surface area contributed by atoms with Gasteiger partial charge >= 0.3 is 6.09 Å². The fourth-order valence-corrected chi connectivity index (χ4v) is 8.67. The van der Waals surface area contributed by atoms with Crippen LogP contribution in [0, 0.1) is 23.7 Å². The number of likely N-dealkylation sites (tertiary alicyclic amines) is 1. The van der Waals surface area contributed by atoms with Gasteiger partial charge in [-0.15, -0.1) is 0 Å². The van der Waals surface area contributed by atoms with Crippen LogP contribution in [0.1, 0.15) is 81.7 Å². The number of aromatic nitrogens is 6. The van der Waals surface area contributed by atoms with Gasteiger partial charge < -0.3 is 30.2 Å². The second-order valence-electron chi connectivity index (χ2n) is 15.4. The van der Waals surface area contributed by atoms with E-state index in [1.165, 1.54) is 13.4 Å². The largest absolute Gasteiger partial charge is 0.453 e. The maximum Gasteiger partial charge on any atom is 0.407 e. The van der Waals surface area contributed by atoms with Crippen molar-refractivity contribution < 1.29 is 19.1 Å². The summed E-state index contributed by atoms with van der Waals surface area (Å²) in [6, 6.07) is 15.7. The average Bonchev–Trinajstić information content (AvgIpc) is 3.99. The Morgan fingerprint density at radius 3 is 1.93 bits per heavy atom. The molecule has 1 saturated heterocycles. The molecule has 3 aliphatic rings. The summed E-state index contributed by atoms with van der Waals surface area (Å²) in [7, 11) is 1.30. The molecule has 3 aromatic heterocycles. The molecule has 0 radical (unpaired) electrons. The van der Waals surface area contributed by atoms with Crippen molar-refractivity contribution in [1.29, 1.82) is 0 Å². The Balaban J connectivity index is 0.911. The molecule has 2 unspecified atom stereocenters. The molecular formula is C42H47N9O4. The Morgan fingerprint density at radius 2 is 1.35 bits per heavy atom. The third kappa shape index (κ3) is 6.99. The third-order valence-corrected chi connectivity index (χ3v) is 11.9. The summed E-state index contributed by atoms with van der Waals surface area (Å²) in [5, 5.41) is 5.89. The van der Waals surface area contributed by atoms with Gasteiger partial charge in [-0.3, -0.25) is 9.59 Å². The molecule has 4 heterocycles. The Labute approximate surface area is 320 Å². The topological polar surface area (TPSA) is 171 Å². The van der Waals surface area contributed by atoms with E-state index in [0.717, 1.165) is 76.5 Å². The molecule has 0 spiro atoms. The van der Waals surface area contributed by atoms with E-state index in [1.54, 1.807) is 12.4 Å². The Kier molecular flexibility index (Phi) is 9.93. The molecule has 3 fully saturated rings. The summed E-state index contributed by atoms with van der Waals surface area (Å²) >= 11 is 0. The zero-order valence-electron chi connectivity index (χ0n) is 31.5. The van der Waals surface area contributed by atoms with E-state index in [0.29, 0.717) is 18.4 Å². The number of hydrogen-bond acceptors (Lipinski definition) is 8. The van der Waals surface area contributed by atoms with E-state index in [-0.39, 0.29) is 41.7 Å². The van der Waals surface area contributed by atoms with Gasteiger partial charge in [0.1, 0.15) is 24.0 Å². The Bertz CT molecular complexity index is 2150. The molecule has 3 amide bonds. The van der Waals surface area contributed by atoms with E-state index < -0.39 is 12.1 Å². The minimum atomic E-state index is -0.678. The molecule has 0 bridgehead atoms. The van der Waals surface area contributed by atoms with Gasteiger partial charge in [0.05, 0.1) is 48.9 Å². The highest BCUT2D eigenvalue weighted by atomic mass is 16.5. The molecule has 13 nitrogen and oxygen atoms in total. The monoisotopic (exact) mass is 741 g/mol. The van der Waals surface area contributed by atoms with Crippen LogP contribution in [0.4, 0.5) is 4.79 Å². The van der Waals surface area contributed by atoms with E-state index >= 15 is 0 Å². The number of rotatable bonds is 11. The standard InChI is InChI=1S/C42H47N9O4/c1-23(2)37(50-42(54)55-4)41(53)51-17-5-6-34(51)38-45-20-32(48-38)27-11-7-25(8-12-27)26-9-13-28(14-10-26)33-21-46-39(49-33)35-30-15-16-31(30)36(35)40(52)47-24(3)29-18-43-22-44-19-29/h7-14,18-24,30-31,34-37H,5-6,15-17H2,1-4H3,(H,45,48)(H,46,49)(H,47,52)(H,50,54)/t24?,30-,31?,34-,35+,36+,37-/m0/s1. The van der Waals surface area contributed by atoms with Crippen molar-refractivity contribution in [3.05, 3.63) is 96.9 Å². The number of nitrogens with one attached hydrogen (secondary N) is 4. The number of alkyl carbamates (subject to hydrolysis) is 1. The van der Waals surface area contributed by atoms with Gasteiger partial charge in [-0.2, -0.15) is 0 Å². The number of ether oxygens (including phenoxy) is 1. The minimum absolute atomic E-state index is 0.0715. The number of fused-ring (bicyclic) bond motifs is 1. The van der Waals surface area contributed by atoms with E-state index in [2.05, 4.69) is 84.1 Å². The summed E-state index contributed by atoms with van der Waals surface area (Å²) < 4.78 is 4.76. The van der Waals surface area contributed by atoms with Crippen molar-refractivity contribution in [2.24, 2.45) is 23.7 Å². The number of imidazole rings is 2. The molecule has 8 rings (SSSR count). The van der Waals surface area contributed by atoms with E-state index in [1.807, 2.05) is 38.1 Å². The molecule has 2 aromatic carbocycles. The number of H-pyrrole nitrogens is 2.